The molecular formula is C17H20ClN7O2. The van der Waals surface area contributed by atoms with E-state index in [-0.39, 0.29) is 30.6 Å². The summed E-state index contributed by atoms with van der Waals surface area (Å²) < 4.78 is 6.81. The smallest absolute Gasteiger partial charge is 0.276 e. The molecule has 10 heteroatoms. The minimum Gasteiger partial charge on any atom is -0.337 e. The highest BCUT2D eigenvalue weighted by atomic mass is 35.5. The first-order valence-electron chi connectivity index (χ1n) is 8.09. The molecule has 0 aliphatic rings. The third-order valence-corrected chi connectivity index (χ3v) is 3.58. The summed E-state index contributed by atoms with van der Waals surface area (Å²) >= 11 is 0. The zero-order chi connectivity index (χ0) is 18.4. The van der Waals surface area contributed by atoms with Crippen molar-refractivity contribution in [1.82, 2.24) is 30.0 Å². The van der Waals surface area contributed by atoms with E-state index < -0.39 is 0 Å². The minimum atomic E-state index is -0.298. The summed E-state index contributed by atoms with van der Waals surface area (Å²) in [7, 11) is 0. The molecule has 9 nitrogen and oxygen atoms in total. The quantitative estimate of drug-likeness (QED) is 0.581. The van der Waals surface area contributed by atoms with Crippen molar-refractivity contribution in [3.05, 3.63) is 60.8 Å². The lowest BCUT2D eigenvalue weighted by Crippen LogP contribution is -2.31. The van der Waals surface area contributed by atoms with E-state index in [1.165, 1.54) is 9.58 Å². The molecule has 2 heterocycles. The van der Waals surface area contributed by atoms with Crippen LogP contribution < -0.4 is 5.73 Å². The summed E-state index contributed by atoms with van der Waals surface area (Å²) in [6, 6.07) is 9.47. The molecule has 1 amide bonds. The van der Waals surface area contributed by atoms with Gasteiger partial charge in [0.25, 0.3) is 5.91 Å². The topological polar surface area (TPSA) is 116 Å². The molecule has 0 fully saturated rings. The maximum atomic E-state index is 12.7. The Morgan fingerprint density at radius 1 is 1.33 bits per heavy atom. The monoisotopic (exact) mass is 389 g/mol. The highest BCUT2D eigenvalue weighted by molar-refractivity contribution is 5.92. The van der Waals surface area contributed by atoms with Crippen molar-refractivity contribution in [2.24, 2.45) is 5.73 Å². The number of hydrogen-bond acceptors (Lipinski definition) is 7. The van der Waals surface area contributed by atoms with Crippen molar-refractivity contribution in [1.29, 1.82) is 0 Å². The van der Waals surface area contributed by atoms with Crippen molar-refractivity contribution in [2.45, 2.75) is 13.1 Å². The van der Waals surface area contributed by atoms with E-state index in [1.54, 1.807) is 12.3 Å². The van der Waals surface area contributed by atoms with Gasteiger partial charge >= 0.3 is 0 Å². The first-order chi connectivity index (χ1) is 12.7. The molecule has 0 aliphatic heterocycles. The van der Waals surface area contributed by atoms with E-state index in [4.69, 9.17) is 10.3 Å². The summed E-state index contributed by atoms with van der Waals surface area (Å²) in [6.45, 7) is 5.05. The highest BCUT2D eigenvalue weighted by Gasteiger charge is 2.21. The number of rotatable bonds is 8. The summed E-state index contributed by atoms with van der Waals surface area (Å²) in [6.07, 6.45) is 3.19. The van der Waals surface area contributed by atoms with Gasteiger partial charge in [0.15, 0.2) is 5.69 Å². The van der Waals surface area contributed by atoms with Crippen LogP contribution in [0.1, 0.15) is 16.4 Å². The van der Waals surface area contributed by atoms with Crippen LogP contribution in [-0.2, 0) is 13.1 Å². The van der Waals surface area contributed by atoms with Crippen molar-refractivity contribution in [3.63, 3.8) is 0 Å². The first kappa shape index (κ1) is 20.3. The lowest BCUT2D eigenvalue weighted by atomic mass is 10.2. The van der Waals surface area contributed by atoms with Gasteiger partial charge in [0, 0.05) is 18.7 Å². The Balaban J connectivity index is 0.00000261. The van der Waals surface area contributed by atoms with Gasteiger partial charge in [0.2, 0.25) is 11.7 Å². The van der Waals surface area contributed by atoms with Gasteiger partial charge in [0.05, 0.1) is 12.7 Å². The van der Waals surface area contributed by atoms with Crippen molar-refractivity contribution in [2.75, 3.05) is 13.1 Å². The van der Waals surface area contributed by atoms with Gasteiger partial charge in [-0.15, -0.1) is 24.1 Å². The summed E-state index contributed by atoms with van der Waals surface area (Å²) in [5, 5.41) is 11.7. The number of carbonyl (C=O) groups is 1. The van der Waals surface area contributed by atoms with Gasteiger partial charge in [-0.2, -0.15) is 4.98 Å². The van der Waals surface area contributed by atoms with Gasteiger partial charge in [-0.25, -0.2) is 0 Å². The third-order valence-electron chi connectivity index (χ3n) is 3.58. The van der Waals surface area contributed by atoms with Crippen LogP contribution in [0, 0.1) is 0 Å². The molecule has 0 atom stereocenters. The van der Waals surface area contributed by atoms with Crippen LogP contribution in [0.5, 0.6) is 0 Å². The summed E-state index contributed by atoms with van der Waals surface area (Å²) in [5.74, 6) is 0.501. The fraction of sp³-hybridized carbons (Fsp3) is 0.235. The Morgan fingerprint density at radius 3 is 2.81 bits per heavy atom. The Bertz CT molecular complexity index is 878. The van der Waals surface area contributed by atoms with Crippen molar-refractivity contribution in [3.8, 4) is 11.4 Å². The Hall–Kier alpha value is -3.04. The van der Waals surface area contributed by atoms with E-state index in [9.17, 15) is 4.79 Å². The van der Waals surface area contributed by atoms with E-state index >= 15 is 0 Å². The van der Waals surface area contributed by atoms with Crippen LogP contribution in [0.3, 0.4) is 0 Å². The molecule has 2 N–H and O–H groups in total. The largest absolute Gasteiger partial charge is 0.337 e. The molecule has 0 saturated heterocycles. The van der Waals surface area contributed by atoms with Crippen LogP contribution in [0.15, 0.2) is 53.7 Å². The minimum absolute atomic E-state index is 0. The van der Waals surface area contributed by atoms with Gasteiger partial charge in [-0.1, -0.05) is 46.8 Å². The van der Waals surface area contributed by atoms with Gasteiger partial charge < -0.3 is 15.2 Å². The lowest BCUT2D eigenvalue weighted by molar-refractivity contribution is 0.0739. The van der Waals surface area contributed by atoms with Crippen molar-refractivity contribution >= 4 is 18.3 Å². The number of benzene rings is 1. The van der Waals surface area contributed by atoms with Gasteiger partial charge in [-0.05, 0) is 0 Å². The fourth-order valence-electron chi connectivity index (χ4n) is 2.36. The molecular weight excluding hydrogens is 370 g/mol. The molecule has 0 spiro atoms. The second kappa shape index (κ2) is 9.60. The maximum Gasteiger partial charge on any atom is 0.276 e. The van der Waals surface area contributed by atoms with Crippen LogP contribution in [-0.4, -0.2) is 49.0 Å². The molecule has 0 saturated carbocycles. The van der Waals surface area contributed by atoms with Crippen LogP contribution >= 0.6 is 12.4 Å². The molecule has 142 valence electrons. The number of amides is 1. The fourth-order valence-corrected chi connectivity index (χ4v) is 2.36. The third kappa shape index (κ3) is 4.99. The normalized spacial score (nSPS) is 10.3. The zero-order valence-electron chi connectivity index (χ0n) is 14.6. The lowest BCUT2D eigenvalue weighted by Gasteiger charge is -2.17. The van der Waals surface area contributed by atoms with E-state index in [2.05, 4.69) is 27.0 Å². The maximum absolute atomic E-state index is 12.7. The SMILES string of the molecule is C=CCN(Cc1nc(-c2ccccc2)no1)C(=O)c1cn(CCN)nn1.Cl. The van der Waals surface area contributed by atoms with E-state index in [0.29, 0.717) is 31.3 Å². The molecule has 1 aromatic carbocycles. The predicted molar refractivity (Wildman–Crippen MR) is 101 cm³/mol. The van der Waals surface area contributed by atoms with E-state index in [0.717, 1.165) is 5.56 Å². The molecule has 3 aromatic rings. The summed E-state index contributed by atoms with van der Waals surface area (Å²) in [5.41, 5.74) is 6.55. The molecule has 0 aliphatic carbocycles. The molecule has 3 rings (SSSR count). The Labute approximate surface area is 162 Å². The van der Waals surface area contributed by atoms with Crippen molar-refractivity contribution < 1.29 is 9.32 Å². The predicted octanol–water partition coefficient (Wildman–Crippen LogP) is 1.54. The number of halogens is 1. The number of nitrogens with two attached hydrogens (primary N) is 1. The molecule has 2 aromatic heterocycles. The first-order valence-corrected chi connectivity index (χ1v) is 8.09. The highest BCUT2D eigenvalue weighted by Crippen LogP contribution is 2.16. The van der Waals surface area contributed by atoms with Gasteiger partial charge in [-0.3, -0.25) is 9.48 Å². The van der Waals surface area contributed by atoms with Crippen LogP contribution in [0.25, 0.3) is 11.4 Å². The number of hydrogen-bond donors (Lipinski definition) is 1. The molecule has 0 unspecified atom stereocenters. The Morgan fingerprint density at radius 2 is 2.11 bits per heavy atom. The molecule has 0 bridgehead atoms. The Kier molecular flexibility index (Phi) is 7.21. The van der Waals surface area contributed by atoms with E-state index in [1.807, 2.05) is 30.3 Å². The number of carbonyl (C=O) groups excluding carboxylic acids is 1. The average molecular weight is 390 g/mol. The standard InChI is InChI=1S/C17H19N7O2.ClH/c1-2-9-23(17(25)14-11-24(10-8-18)22-20-14)12-15-19-16(21-26-15)13-6-4-3-5-7-13;/h2-7,11H,1,8-10,12,18H2;1H. The number of aromatic nitrogens is 5. The number of nitrogens with zero attached hydrogens (tertiary/aromatic N) is 6. The van der Waals surface area contributed by atoms with Gasteiger partial charge in [0.1, 0.15) is 6.54 Å². The second-order valence-electron chi connectivity index (χ2n) is 5.51. The molecule has 27 heavy (non-hydrogen) atoms. The van der Waals surface area contributed by atoms with Crippen LogP contribution in [0.2, 0.25) is 0 Å². The van der Waals surface area contributed by atoms with Crippen LogP contribution in [0.4, 0.5) is 0 Å². The zero-order valence-corrected chi connectivity index (χ0v) is 15.4. The summed E-state index contributed by atoms with van der Waals surface area (Å²) in [4.78, 5) is 18.5. The average Bonchev–Trinajstić information content (AvgIpc) is 3.32. The second-order valence-corrected chi connectivity index (χ2v) is 5.51. The molecule has 0 radical (unpaired) electrons.